The van der Waals surface area contributed by atoms with Crippen LogP contribution in [0, 0.1) is 5.82 Å². The lowest BCUT2D eigenvalue weighted by molar-refractivity contribution is -0.119. The molecule has 0 bridgehead atoms. The third-order valence-corrected chi connectivity index (χ3v) is 5.74. The molecule has 1 unspecified atom stereocenters. The number of carbonyl (C=O) groups is 1. The Balaban J connectivity index is 2.00. The molecule has 0 fully saturated rings. The average molecular weight is 460 g/mol. The number of hydrogen-bond donors (Lipinski definition) is 0. The van der Waals surface area contributed by atoms with E-state index in [9.17, 15) is 9.18 Å². The molecule has 0 saturated carbocycles. The number of carbonyl (C=O) groups excluding carboxylic acids is 1. The van der Waals surface area contributed by atoms with Gasteiger partial charge in [-0.2, -0.15) is 0 Å². The molecule has 3 rings (SSSR count). The molecule has 0 aliphatic carbocycles. The number of pyridine rings is 1. The van der Waals surface area contributed by atoms with E-state index in [2.05, 4.69) is 20.9 Å². The van der Waals surface area contributed by atoms with Gasteiger partial charge in [0.05, 0.1) is 13.0 Å². The van der Waals surface area contributed by atoms with E-state index < -0.39 is 5.92 Å². The molecule has 0 amide bonds. The van der Waals surface area contributed by atoms with Crippen LogP contribution in [0.3, 0.4) is 0 Å². The molecule has 28 heavy (non-hydrogen) atoms. The van der Waals surface area contributed by atoms with Crippen LogP contribution in [0.1, 0.15) is 22.6 Å². The Morgan fingerprint density at radius 2 is 1.93 bits per heavy atom. The number of rotatable bonds is 7. The van der Waals surface area contributed by atoms with Crippen LogP contribution in [0.5, 0.6) is 5.88 Å². The van der Waals surface area contributed by atoms with Gasteiger partial charge in [0.1, 0.15) is 11.6 Å². The first-order valence-electron chi connectivity index (χ1n) is 8.62. The lowest BCUT2D eigenvalue weighted by Gasteiger charge is -2.20. The normalized spacial score (nSPS) is 11.9. The second-order valence-electron chi connectivity index (χ2n) is 6.22. The lowest BCUT2D eigenvalue weighted by Crippen LogP contribution is -2.17. The van der Waals surface area contributed by atoms with Crippen molar-refractivity contribution in [1.82, 2.24) is 4.98 Å². The van der Waals surface area contributed by atoms with Crippen LogP contribution in [0.15, 0.2) is 70.2 Å². The van der Waals surface area contributed by atoms with Crippen molar-refractivity contribution in [2.45, 2.75) is 17.2 Å². The molecule has 0 aliphatic heterocycles. The monoisotopic (exact) mass is 459 g/mol. The number of aromatic nitrogens is 1. The molecule has 144 valence electrons. The lowest BCUT2D eigenvalue weighted by atomic mass is 9.85. The van der Waals surface area contributed by atoms with Crippen molar-refractivity contribution in [2.75, 3.05) is 13.4 Å². The first-order valence-corrected chi connectivity index (χ1v) is 10.6. The van der Waals surface area contributed by atoms with Crippen LogP contribution in [-0.2, 0) is 11.2 Å². The van der Waals surface area contributed by atoms with Crippen LogP contribution in [-0.4, -0.2) is 24.1 Å². The van der Waals surface area contributed by atoms with E-state index in [4.69, 9.17) is 4.74 Å². The van der Waals surface area contributed by atoms with E-state index in [0.717, 1.165) is 26.1 Å². The van der Waals surface area contributed by atoms with Gasteiger partial charge in [0.25, 0.3) is 0 Å². The number of Topliss-reactive ketones (excluding diaryl/α,β-unsaturated/α-hetero) is 1. The molecule has 1 atom stereocenters. The second kappa shape index (κ2) is 9.34. The van der Waals surface area contributed by atoms with Gasteiger partial charge in [0.2, 0.25) is 5.88 Å². The maximum Gasteiger partial charge on any atom is 0.212 e. The molecule has 3 nitrogen and oxygen atoms in total. The number of benzene rings is 2. The van der Waals surface area contributed by atoms with Crippen LogP contribution in [0.25, 0.3) is 0 Å². The Labute approximate surface area is 176 Å². The van der Waals surface area contributed by atoms with Crippen molar-refractivity contribution in [2.24, 2.45) is 0 Å². The zero-order valence-electron chi connectivity index (χ0n) is 15.5. The van der Waals surface area contributed by atoms with Crippen molar-refractivity contribution < 1.29 is 13.9 Å². The van der Waals surface area contributed by atoms with Crippen molar-refractivity contribution in [3.8, 4) is 5.88 Å². The number of nitrogens with zero attached hydrogens (tertiary/aromatic N) is 1. The van der Waals surface area contributed by atoms with Crippen molar-refractivity contribution >= 4 is 33.5 Å². The predicted molar refractivity (Wildman–Crippen MR) is 114 cm³/mol. The highest BCUT2D eigenvalue weighted by Crippen LogP contribution is 2.34. The van der Waals surface area contributed by atoms with E-state index in [1.165, 1.54) is 23.9 Å². The molecule has 3 aromatic rings. The smallest absolute Gasteiger partial charge is 0.212 e. The fourth-order valence-electron chi connectivity index (χ4n) is 3.06. The third kappa shape index (κ3) is 4.80. The Hall–Kier alpha value is -2.18. The van der Waals surface area contributed by atoms with E-state index in [0.29, 0.717) is 5.88 Å². The van der Waals surface area contributed by atoms with Crippen LogP contribution in [0.4, 0.5) is 4.39 Å². The van der Waals surface area contributed by atoms with Crippen molar-refractivity contribution in [1.29, 1.82) is 0 Å². The molecule has 0 aliphatic rings. The van der Waals surface area contributed by atoms with Crippen molar-refractivity contribution in [3.63, 3.8) is 0 Å². The van der Waals surface area contributed by atoms with E-state index >= 15 is 0 Å². The first-order chi connectivity index (χ1) is 13.5. The van der Waals surface area contributed by atoms with Gasteiger partial charge in [-0.25, -0.2) is 9.37 Å². The third-order valence-electron chi connectivity index (χ3n) is 4.42. The first kappa shape index (κ1) is 20.6. The largest absolute Gasteiger partial charge is 0.481 e. The van der Waals surface area contributed by atoms with Gasteiger partial charge in [0, 0.05) is 28.1 Å². The molecule has 0 N–H and O–H groups in total. The van der Waals surface area contributed by atoms with Crippen LogP contribution in [0.2, 0.25) is 0 Å². The molecule has 0 saturated heterocycles. The van der Waals surface area contributed by atoms with Gasteiger partial charge in [0.15, 0.2) is 0 Å². The summed E-state index contributed by atoms with van der Waals surface area (Å²) in [6, 6.07) is 15.8. The zero-order valence-corrected chi connectivity index (χ0v) is 17.9. The van der Waals surface area contributed by atoms with Gasteiger partial charge in [-0.1, -0.05) is 40.2 Å². The maximum atomic E-state index is 13.7. The quantitative estimate of drug-likeness (QED) is 0.427. The average Bonchev–Trinajstić information content (AvgIpc) is 2.71. The second-order valence-corrected chi connectivity index (χ2v) is 7.99. The number of ketones is 1. The van der Waals surface area contributed by atoms with Crippen LogP contribution < -0.4 is 4.74 Å². The van der Waals surface area contributed by atoms with E-state index in [-0.39, 0.29) is 18.0 Å². The summed E-state index contributed by atoms with van der Waals surface area (Å²) in [6.45, 7) is 0. The SMILES string of the molecule is COc1ccc(CC(=O)C(c2ccc(Br)cc2)c2ccc(F)cc2SC)cn1. The highest BCUT2D eigenvalue weighted by atomic mass is 79.9. The Kier molecular flexibility index (Phi) is 6.86. The number of hydrogen-bond acceptors (Lipinski definition) is 4. The molecule has 0 radical (unpaired) electrons. The number of thioether (sulfide) groups is 1. The summed E-state index contributed by atoms with van der Waals surface area (Å²) in [7, 11) is 1.55. The molecule has 1 heterocycles. The van der Waals surface area contributed by atoms with Gasteiger partial charge in [-0.3, -0.25) is 4.79 Å². The molecule has 0 spiro atoms. The van der Waals surface area contributed by atoms with E-state index in [1.807, 2.05) is 36.6 Å². The summed E-state index contributed by atoms with van der Waals surface area (Å²) in [5.41, 5.74) is 2.49. The topological polar surface area (TPSA) is 39.2 Å². The minimum atomic E-state index is -0.488. The van der Waals surface area contributed by atoms with Gasteiger partial charge < -0.3 is 4.74 Å². The predicted octanol–water partition coefficient (Wildman–Crippen LogP) is 5.66. The summed E-state index contributed by atoms with van der Waals surface area (Å²) < 4.78 is 19.8. The maximum absolute atomic E-state index is 13.7. The molecule has 1 aromatic heterocycles. The fourth-order valence-corrected chi connectivity index (χ4v) is 3.97. The number of methoxy groups -OCH3 is 1. The highest BCUT2D eigenvalue weighted by Gasteiger charge is 2.25. The Morgan fingerprint density at radius 1 is 1.18 bits per heavy atom. The number of ether oxygens (including phenoxy) is 1. The number of halogens is 2. The molecule has 2 aromatic carbocycles. The molecular weight excluding hydrogens is 441 g/mol. The minimum absolute atomic E-state index is 0.0243. The minimum Gasteiger partial charge on any atom is -0.481 e. The van der Waals surface area contributed by atoms with Crippen LogP contribution >= 0.6 is 27.7 Å². The van der Waals surface area contributed by atoms with Gasteiger partial charge in [-0.05, 0) is 47.2 Å². The standard InChI is InChI=1S/C22H19BrFNO2S/c1-27-21-10-3-14(13-25-21)11-19(26)22(15-4-6-16(23)7-5-15)18-9-8-17(24)12-20(18)28-2/h3-10,12-13,22H,11H2,1-2H3. The van der Waals surface area contributed by atoms with Crippen molar-refractivity contribution in [3.05, 3.63) is 87.8 Å². The van der Waals surface area contributed by atoms with E-state index in [1.54, 1.807) is 25.4 Å². The Bertz CT molecular complexity index is 961. The molecular formula is C22H19BrFNO2S. The van der Waals surface area contributed by atoms with Gasteiger partial charge >= 0.3 is 0 Å². The zero-order chi connectivity index (χ0) is 20.1. The summed E-state index contributed by atoms with van der Waals surface area (Å²) in [6.07, 6.45) is 3.76. The molecule has 6 heteroatoms. The summed E-state index contributed by atoms with van der Waals surface area (Å²) in [5.74, 6) is -0.271. The highest BCUT2D eigenvalue weighted by molar-refractivity contribution is 9.10. The summed E-state index contributed by atoms with van der Waals surface area (Å²) in [5, 5.41) is 0. The summed E-state index contributed by atoms with van der Waals surface area (Å²) >= 11 is 4.87. The summed E-state index contributed by atoms with van der Waals surface area (Å²) in [4.78, 5) is 18.3. The van der Waals surface area contributed by atoms with Gasteiger partial charge in [-0.15, -0.1) is 11.8 Å². The Morgan fingerprint density at radius 3 is 2.54 bits per heavy atom. The fraction of sp³-hybridized carbons (Fsp3) is 0.182.